The van der Waals surface area contributed by atoms with Gasteiger partial charge in [-0.1, -0.05) is 6.92 Å². The van der Waals surface area contributed by atoms with Gasteiger partial charge < -0.3 is 14.6 Å². The average Bonchev–Trinajstić information content (AvgIpc) is 2.52. The van der Waals surface area contributed by atoms with E-state index in [0.29, 0.717) is 12.6 Å². The maximum Gasteiger partial charge on any atom is 0.295 e. The number of hydrogen-bond donors (Lipinski definition) is 1. The molecule has 0 aliphatic carbocycles. The molecular formula is C9H17N3O. The molecule has 1 rings (SSSR count). The number of rotatable bonds is 6. The van der Waals surface area contributed by atoms with E-state index in [4.69, 9.17) is 4.74 Å². The lowest BCUT2D eigenvalue weighted by atomic mass is 10.5. The molecule has 1 aromatic heterocycles. The van der Waals surface area contributed by atoms with Crippen LogP contribution in [0.5, 0.6) is 6.01 Å². The highest BCUT2D eigenvalue weighted by atomic mass is 16.5. The van der Waals surface area contributed by atoms with Crippen LogP contribution in [0.25, 0.3) is 0 Å². The van der Waals surface area contributed by atoms with Crippen LogP contribution >= 0.6 is 0 Å². The number of aromatic nitrogens is 2. The maximum absolute atomic E-state index is 5.41. The Labute approximate surface area is 78.9 Å². The Morgan fingerprint density at radius 3 is 3.00 bits per heavy atom. The molecule has 0 unspecified atom stereocenters. The largest absolute Gasteiger partial charge is 0.463 e. The van der Waals surface area contributed by atoms with E-state index in [2.05, 4.69) is 17.2 Å². The zero-order chi connectivity index (χ0) is 9.52. The molecule has 0 aromatic carbocycles. The van der Waals surface area contributed by atoms with E-state index < -0.39 is 0 Å². The number of nitrogens with one attached hydrogen (secondary N) is 1. The van der Waals surface area contributed by atoms with Gasteiger partial charge in [-0.2, -0.15) is 0 Å². The number of aryl methyl sites for hydroxylation is 1. The molecule has 0 amide bonds. The summed E-state index contributed by atoms with van der Waals surface area (Å²) in [4.78, 5) is 4.05. The molecule has 4 nitrogen and oxygen atoms in total. The van der Waals surface area contributed by atoms with Gasteiger partial charge in [-0.15, -0.1) is 0 Å². The summed E-state index contributed by atoms with van der Waals surface area (Å²) in [5, 5.41) is 3.25. The molecule has 13 heavy (non-hydrogen) atoms. The number of ether oxygens (including phenoxy) is 1. The summed E-state index contributed by atoms with van der Waals surface area (Å²) in [5.41, 5.74) is 0. The SMILES string of the molecule is CCCNCCOc1nccn1C. The van der Waals surface area contributed by atoms with Crippen molar-refractivity contribution in [2.45, 2.75) is 13.3 Å². The highest BCUT2D eigenvalue weighted by molar-refractivity contribution is 4.96. The van der Waals surface area contributed by atoms with Crippen molar-refractivity contribution in [2.24, 2.45) is 7.05 Å². The van der Waals surface area contributed by atoms with Crippen molar-refractivity contribution in [3.8, 4) is 6.01 Å². The molecule has 0 fully saturated rings. The van der Waals surface area contributed by atoms with Crippen molar-refractivity contribution >= 4 is 0 Å². The second kappa shape index (κ2) is 5.59. The third kappa shape index (κ3) is 3.46. The van der Waals surface area contributed by atoms with E-state index >= 15 is 0 Å². The Hall–Kier alpha value is -1.03. The number of nitrogens with zero attached hydrogens (tertiary/aromatic N) is 2. The van der Waals surface area contributed by atoms with Gasteiger partial charge >= 0.3 is 0 Å². The first kappa shape index (κ1) is 10.1. The minimum atomic E-state index is 0.671. The molecule has 0 saturated heterocycles. The highest BCUT2D eigenvalue weighted by Gasteiger charge is 1.97. The molecule has 0 spiro atoms. The van der Waals surface area contributed by atoms with Gasteiger partial charge in [0.2, 0.25) is 0 Å². The predicted octanol–water partition coefficient (Wildman–Crippen LogP) is 0.798. The molecule has 1 heterocycles. The van der Waals surface area contributed by atoms with E-state index in [1.54, 1.807) is 6.20 Å². The molecule has 4 heteroatoms. The summed E-state index contributed by atoms with van der Waals surface area (Å²) in [6.07, 6.45) is 4.76. The summed E-state index contributed by atoms with van der Waals surface area (Å²) in [7, 11) is 1.92. The van der Waals surface area contributed by atoms with Crippen molar-refractivity contribution in [1.82, 2.24) is 14.9 Å². The maximum atomic E-state index is 5.41. The van der Waals surface area contributed by atoms with Crippen LogP contribution in [-0.4, -0.2) is 29.2 Å². The summed E-state index contributed by atoms with van der Waals surface area (Å²) in [5.74, 6) is 0. The van der Waals surface area contributed by atoms with Crippen molar-refractivity contribution in [2.75, 3.05) is 19.7 Å². The summed E-state index contributed by atoms with van der Waals surface area (Å²) in [6, 6.07) is 0.679. The van der Waals surface area contributed by atoms with Gasteiger partial charge in [0, 0.05) is 26.0 Å². The zero-order valence-electron chi connectivity index (χ0n) is 8.29. The van der Waals surface area contributed by atoms with E-state index in [9.17, 15) is 0 Å². The fourth-order valence-corrected chi connectivity index (χ4v) is 1.01. The third-order valence-electron chi connectivity index (χ3n) is 1.71. The second-order valence-corrected chi connectivity index (χ2v) is 2.92. The van der Waals surface area contributed by atoms with Crippen molar-refractivity contribution in [3.05, 3.63) is 12.4 Å². The van der Waals surface area contributed by atoms with Crippen LogP contribution in [0.15, 0.2) is 12.4 Å². The Bertz CT molecular complexity index is 235. The van der Waals surface area contributed by atoms with Crippen molar-refractivity contribution < 1.29 is 4.74 Å². The lowest BCUT2D eigenvalue weighted by molar-refractivity contribution is 0.281. The molecule has 0 aliphatic heterocycles. The molecule has 0 bridgehead atoms. The Morgan fingerprint density at radius 1 is 1.54 bits per heavy atom. The van der Waals surface area contributed by atoms with Crippen LogP contribution in [0.2, 0.25) is 0 Å². The van der Waals surface area contributed by atoms with Crippen LogP contribution in [-0.2, 0) is 7.05 Å². The van der Waals surface area contributed by atoms with E-state index in [0.717, 1.165) is 19.5 Å². The topological polar surface area (TPSA) is 39.1 Å². The predicted molar refractivity (Wildman–Crippen MR) is 51.9 cm³/mol. The Kier molecular flexibility index (Phi) is 4.32. The Balaban J connectivity index is 2.10. The minimum Gasteiger partial charge on any atom is -0.463 e. The molecule has 0 aliphatic rings. The number of imidazole rings is 1. The summed E-state index contributed by atoms with van der Waals surface area (Å²) >= 11 is 0. The van der Waals surface area contributed by atoms with E-state index in [1.165, 1.54) is 0 Å². The van der Waals surface area contributed by atoms with Crippen molar-refractivity contribution in [3.63, 3.8) is 0 Å². The fourth-order valence-electron chi connectivity index (χ4n) is 1.01. The van der Waals surface area contributed by atoms with Crippen LogP contribution in [0.1, 0.15) is 13.3 Å². The van der Waals surface area contributed by atoms with Gasteiger partial charge in [-0.05, 0) is 13.0 Å². The van der Waals surface area contributed by atoms with Crippen LogP contribution in [0.3, 0.4) is 0 Å². The third-order valence-corrected chi connectivity index (χ3v) is 1.71. The van der Waals surface area contributed by atoms with Gasteiger partial charge in [0.15, 0.2) is 0 Å². The first-order valence-electron chi connectivity index (χ1n) is 4.65. The smallest absolute Gasteiger partial charge is 0.295 e. The summed E-state index contributed by atoms with van der Waals surface area (Å²) in [6.45, 7) is 4.74. The molecule has 1 N–H and O–H groups in total. The normalized spacial score (nSPS) is 10.3. The Morgan fingerprint density at radius 2 is 2.38 bits per heavy atom. The van der Waals surface area contributed by atoms with E-state index in [1.807, 2.05) is 17.8 Å². The number of hydrogen-bond acceptors (Lipinski definition) is 3. The van der Waals surface area contributed by atoms with Gasteiger partial charge in [0.1, 0.15) is 6.61 Å². The lowest BCUT2D eigenvalue weighted by Crippen LogP contribution is -2.22. The van der Waals surface area contributed by atoms with Gasteiger partial charge in [0.25, 0.3) is 6.01 Å². The molecule has 0 atom stereocenters. The molecule has 0 radical (unpaired) electrons. The minimum absolute atomic E-state index is 0.671. The van der Waals surface area contributed by atoms with Crippen molar-refractivity contribution in [1.29, 1.82) is 0 Å². The average molecular weight is 183 g/mol. The van der Waals surface area contributed by atoms with Gasteiger partial charge in [-0.25, -0.2) is 4.98 Å². The summed E-state index contributed by atoms with van der Waals surface area (Å²) < 4.78 is 7.27. The van der Waals surface area contributed by atoms with Crippen LogP contribution < -0.4 is 10.1 Å². The van der Waals surface area contributed by atoms with E-state index in [-0.39, 0.29) is 0 Å². The molecular weight excluding hydrogens is 166 g/mol. The lowest BCUT2D eigenvalue weighted by Gasteiger charge is -2.05. The quantitative estimate of drug-likeness (QED) is 0.663. The van der Waals surface area contributed by atoms with Gasteiger partial charge in [0.05, 0.1) is 0 Å². The standard InChI is InChI=1S/C9H17N3O/c1-3-4-10-6-8-13-9-11-5-7-12(9)2/h5,7,10H,3-4,6,8H2,1-2H3. The first-order valence-corrected chi connectivity index (χ1v) is 4.65. The van der Waals surface area contributed by atoms with Crippen LogP contribution in [0.4, 0.5) is 0 Å². The monoisotopic (exact) mass is 183 g/mol. The first-order chi connectivity index (χ1) is 6.34. The highest BCUT2D eigenvalue weighted by Crippen LogP contribution is 2.02. The van der Waals surface area contributed by atoms with Crippen LogP contribution in [0, 0.1) is 0 Å². The fraction of sp³-hybridized carbons (Fsp3) is 0.667. The molecule has 1 aromatic rings. The zero-order valence-corrected chi connectivity index (χ0v) is 8.29. The molecule has 74 valence electrons. The van der Waals surface area contributed by atoms with Gasteiger partial charge in [-0.3, -0.25) is 0 Å². The molecule has 0 saturated carbocycles. The second-order valence-electron chi connectivity index (χ2n) is 2.92.